The Morgan fingerprint density at radius 3 is 2.81 bits per heavy atom. The molecule has 2 saturated carbocycles. The first-order chi connectivity index (χ1) is 10.2. The summed E-state index contributed by atoms with van der Waals surface area (Å²) in [5, 5.41) is 3.52. The van der Waals surface area contributed by atoms with Crippen LogP contribution in [0.3, 0.4) is 0 Å². The van der Waals surface area contributed by atoms with Crippen molar-refractivity contribution in [2.24, 2.45) is 5.41 Å². The van der Waals surface area contributed by atoms with Gasteiger partial charge < -0.3 is 9.88 Å². The van der Waals surface area contributed by atoms with Gasteiger partial charge in [-0.15, -0.1) is 0 Å². The lowest BCUT2D eigenvalue weighted by molar-refractivity contribution is 0.438. The maximum atomic E-state index is 4.37. The van der Waals surface area contributed by atoms with Crippen LogP contribution in [0.4, 0.5) is 5.82 Å². The zero-order valence-corrected chi connectivity index (χ0v) is 12.4. The Bertz CT molecular complexity index is 640. The van der Waals surface area contributed by atoms with Crippen LogP contribution in [0.1, 0.15) is 43.1 Å². The number of hydrogen-bond acceptors (Lipinski definition) is 4. The van der Waals surface area contributed by atoms with Crippen molar-refractivity contribution >= 4 is 5.82 Å². The second-order valence-electron chi connectivity index (χ2n) is 6.56. The second kappa shape index (κ2) is 4.83. The van der Waals surface area contributed by atoms with Crippen LogP contribution in [-0.4, -0.2) is 26.1 Å². The largest absolute Gasteiger partial charge is 0.369 e. The number of imidazole rings is 1. The summed E-state index contributed by atoms with van der Waals surface area (Å²) in [4.78, 5) is 13.0. The fraction of sp³-hybridized carbons (Fsp3) is 0.562. The number of nitrogens with zero attached hydrogens (tertiary/aromatic N) is 4. The quantitative estimate of drug-likeness (QED) is 0.885. The summed E-state index contributed by atoms with van der Waals surface area (Å²) in [7, 11) is 0. The van der Waals surface area contributed by atoms with E-state index in [-0.39, 0.29) is 0 Å². The molecule has 0 saturated heterocycles. The minimum Gasteiger partial charge on any atom is -0.369 e. The minimum absolute atomic E-state index is 0.371. The topological polar surface area (TPSA) is 55.6 Å². The summed E-state index contributed by atoms with van der Waals surface area (Å²) >= 11 is 0. The van der Waals surface area contributed by atoms with Crippen LogP contribution in [0.25, 0.3) is 0 Å². The summed E-state index contributed by atoms with van der Waals surface area (Å²) in [6, 6.07) is 2.12. The van der Waals surface area contributed by atoms with Crippen molar-refractivity contribution in [1.29, 1.82) is 0 Å². The van der Waals surface area contributed by atoms with Gasteiger partial charge in [0.1, 0.15) is 18.0 Å². The molecule has 2 heterocycles. The average Bonchev–Trinajstić information content (AvgIpc) is 3.40. The standard InChI is InChI=1S/C16H21N5/c1-12-17-6-7-21(12)10-16(4-5-16)9-18-15-8-14(13-2-3-13)19-11-20-15/h6-8,11,13H,2-5,9-10H2,1H3,(H,18,19,20). The molecule has 4 rings (SSSR count). The number of anilines is 1. The van der Waals surface area contributed by atoms with E-state index >= 15 is 0 Å². The lowest BCUT2D eigenvalue weighted by atomic mass is 10.1. The Morgan fingerprint density at radius 2 is 2.14 bits per heavy atom. The van der Waals surface area contributed by atoms with Gasteiger partial charge in [0.2, 0.25) is 0 Å². The van der Waals surface area contributed by atoms with Crippen molar-refractivity contribution in [3.8, 4) is 0 Å². The van der Waals surface area contributed by atoms with E-state index in [0.29, 0.717) is 11.3 Å². The van der Waals surface area contributed by atoms with Crippen LogP contribution < -0.4 is 5.32 Å². The molecule has 2 aliphatic rings. The SMILES string of the molecule is Cc1nccn1CC1(CNc2cc(C3CC3)ncn2)CC1. The van der Waals surface area contributed by atoms with Crippen LogP contribution >= 0.6 is 0 Å². The maximum absolute atomic E-state index is 4.37. The molecule has 0 aromatic carbocycles. The third-order valence-electron chi connectivity index (χ3n) is 4.71. The highest BCUT2D eigenvalue weighted by Gasteiger charge is 2.43. The van der Waals surface area contributed by atoms with Crippen LogP contribution in [0.15, 0.2) is 24.8 Å². The molecule has 0 unspecified atom stereocenters. The summed E-state index contributed by atoms with van der Waals surface area (Å²) in [5.74, 6) is 2.75. The van der Waals surface area contributed by atoms with E-state index < -0.39 is 0 Å². The molecule has 2 aromatic heterocycles. The number of hydrogen-bond donors (Lipinski definition) is 1. The smallest absolute Gasteiger partial charge is 0.129 e. The van der Waals surface area contributed by atoms with E-state index in [1.807, 2.05) is 6.20 Å². The monoisotopic (exact) mass is 283 g/mol. The molecule has 5 heteroatoms. The lowest BCUT2D eigenvalue weighted by Crippen LogP contribution is -2.22. The summed E-state index contributed by atoms with van der Waals surface area (Å²) in [6.45, 7) is 4.09. The molecule has 2 aliphatic carbocycles. The minimum atomic E-state index is 0.371. The number of nitrogens with one attached hydrogen (secondary N) is 1. The Balaban J connectivity index is 1.40. The zero-order valence-electron chi connectivity index (χ0n) is 12.4. The molecule has 0 amide bonds. The molecular weight excluding hydrogens is 262 g/mol. The van der Waals surface area contributed by atoms with E-state index in [9.17, 15) is 0 Å². The van der Waals surface area contributed by atoms with Crippen molar-refractivity contribution in [2.75, 3.05) is 11.9 Å². The predicted octanol–water partition coefficient (Wildman–Crippen LogP) is 2.75. The van der Waals surface area contributed by atoms with Gasteiger partial charge in [0.05, 0.1) is 0 Å². The molecule has 5 nitrogen and oxygen atoms in total. The normalized spacial score (nSPS) is 19.5. The van der Waals surface area contributed by atoms with Crippen LogP contribution in [0.2, 0.25) is 0 Å². The third kappa shape index (κ3) is 2.77. The fourth-order valence-electron chi connectivity index (χ4n) is 2.85. The van der Waals surface area contributed by atoms with Gasteiger partial charge in [-0.3, -0.25) is 0 Å². The Labute approximate surface area is 124 Å². The zero-order chi connectivity index (χ0) is 14.3. The van der Waals surface area contributed by atoms with Gasteiger partial charge in [-0.1, -0.05) is 0 Å². The molecule has 0 spiro atoms. The first kappa shape index (κ1) is 12.8. The Hall–Kier alpha value is -1.91. The predicted molar refractivity (Wildman–Crippen MR) is 81.1 cm³/mol. The highest BCUT2D eigenvalue weighted by atomic mass is 15.1. The second-order valence-corrected chi connectivity index (χ2v) is 6.56. The summed E-state index contributed by atoms with van der Waals surface area (Å²) in [6.07, 6.45) is 10.8. The number of rotatable bonds is 6. The molecular formula is C16H21N5. The van der Waals surface area contributed by atoms with Crippen LogP contribution in [0, 0.1) is 12.3 Å². The van der Waals surface area contributed by atoms with Gasteiger partial charge in [-0.2, -0.15) is 0 Å². The van der Waals surface area contributed by atoms with Gasteiger partial charge in [-0.25, -0.2) is 15.0 Å². The molecule has 2 aromatic rings. The first-order valence-electron chi connectivity index (χ1n) is 7.78. The molecule has 0 bridgehead atoms. The van der Waals surface area contributed by atoms with Gasteiger partial charge in [0, 0.05) is 48.6 Å². The molecule has 1 N–H and O–H groups in total. The van der Waals surface area contributed by atoms with E-state index in [4.69, 9.17) is 0 Å². The van der Waals surface area contributed by atoms with Gasteiger partial charge in [0.15, 0.2) is 0 Å². The van der Waals surface area contributed by atoms with Crippen molar-refractivity contribution in [3.63, 3.8) is 0 Å². The van der Waals surface area contributed by atoms with Gasteiger partial charge >= 0.3 is 0 Å². The molecule has 2 fully saturated rings. The maximum Gasteiger partial charge on any atom is 0.129 e. The highest BCUT2D eigenvalue weighted by Crippen LogP contribution is 2.47. The molecule has 0 radical (unpaired) electrons. The van der Waals surface area contributed by atoms with E-state index in [0.717, 1.165) is 24.7 Å². The fourth-order valence-corrected chi connectivity index (χ4v) is 2.85. The van der Waals surface area contributed by atoms with Crippen molar-refractivity contribution in [1.82, 2.24) is 19.5 Å². The molecule has 110 valence electrons. The Kier molecular flexibility index (Phi) is 2.94. The van der Waals surface area contributed by atoms with Crippen LogP contribution in [-0.2, 0) is 6.54 Å². The summed E-state index contributed by atoms with van der Waals surface area (Å²) in [5.41, 5.74) is 1.57. The van der Waals surface area contributed by atoms with E-state index in [1.165, 1.54) is 31.4 Å². The third-order valence-corrected chi connectivity index (χ3v) is 4.71. The molecule has 0 aliphatic heterocycles. The van der Waals surface area contributed by atoms with Gasteiger partial charge in [-0.05, 0) is 32.6 Å². The first-order valence-corrected chi connectivity index (χ1v) is 7.78. The Morgan fingerprint density at radius 1 is 1.29 bits per heavy atom. The summed E-state index contributed by atoms with van der Waals surface area (Å²) < 4.78 is 2.25. The highest BCUT2D eigenvalue weighted by molar-refractivity contribution is 5.37. The van der Waals surface area contributed by atoms with Crippen molar-refractivity contribution < 1.29 is 0 Å². The lowest BCUT2D eigenvalue weighted by Gasteiger charge is -2.18. The van der Waals surface area contributed by atoms with Crippen molar-refractivity contribution in [2.45, 2.75) is 45.1 Å². The average molecular weight is 283 g/mol. The number of aromatic nitrogens is 4. The number of aryl methyl sites for hydroxylation is 1. The molecule has 21 heavy (non-hydrogen) atoms. The van der Waals surface area contributed by atoms with E-state index in [2.05, 4.69) is 44.0 Å². The van der Waals surface area contributed by atoms with Crippen LogP contribution in [0.5, 0.6) is 0 Å². The molecule has 0 atom stereocenters. The van der Waals surface area contributed by atoms with Gasteiger partial charge in [0.25, 0.3) is 0 Å². The van der Waals surface area contributed by atoms with E-state index in [1.54, 1.807) is 6.33 Å². The van der Waals surface area contributed by atoms with Crippen molar-refractivity contribution in [3.05, 3.63) is 36.3 Å².